The maximum absolute atomic E-state index is 12.8. The lowest BCUT2D eigenvalue weighted by Gasteiger charge is -2.08. The first kappa shape index (κ1) is 19.3. The third-order valence-electron chi connectivity index (χ3n) is 4.95. The standard InChI is InChI=1S/C21H21N3O4S/c1-10-4-7-14(11(2)8-10)22-19(26)17-12(3)16-18(25)23-15(24-20(16)29-17)9-28-21(27)13-5-6-13/h4,7-8,13H,5-6,9H2,1-3H3,(H,22,26)(H,23,24,25). The smallest absolute Gasteiger partial charge is 0.309 e. The highest BCUT2D eigenvalue weighted by atomic mass is 32.1. The Hall–Kier alpha value is -3.00. The van der Waals surface area contributed by atoms with Crippen LogP contribution < -0.4 is 10.9 Å². The number of aromatic nitrogens is 2. The molecule has 0 unspecified atom stereocenters. The fraction of sp³-hybridized carbons (Fsp3) is 0.333. The number of benzene rings is 1. The Morgan fingerprint density at radius 1 is 1.28 bits per heavy atom. The minimum atomic E-state index is -0.341. The quantitative estimate of drug-likeness (QED) is 0.625. The second-order valence-corrected chi connectivity index (χ2v) is 8.40. The van der Waals surface area contributed by atoms with Gasteiger partial charge in [0, 0.05) is 5.69 Å². The molecule has 8 heteroatoms. The van der Waals surface area contributed by atoms with Crippen LogP contribution in [0.5, 0.6) is 0 Å². The number of esters is 1. The molecule has 29 heavy (non-hydrogen) atoms. The molecular formula is C21H21N3O4S. The molecule has 0 saturated heterocycles. The number of aromatic amines is 1. The molecule has 1 amide bonds. The molecule has 0 radical (unpaired) electrons. The van der Waals surface area contributed by atoms with Gasteiger partial charge in [0.05, 0.1) is 16.2 Å². The molecule has 0 atom stereocenters. The zero-order valence-electron chi connectivity index (χ0n) is 16.4. The molecule has 1 aliphatic rings. The molecule has 1 saturated carbocycles. The Morgan fingerprint density at radius 2 is 2.03 bits per heavy atom. The van der Waals surface area contributed by atoms with Crippen molar-refractivity contribution in [1.82, 2.24) is 9.97 Å². The summed E-state index contributed by atoms with van der Waals surface area (Å²) in [6.45, 7) is 5.58. The van der Waals surface area contributed by atoms with Crippen molar-refractivity contribution in [2.75, 3.05) is 5.32 Å². The van der Waals surface area contributed by atoms with Gasteiger partial charge in [-0.1, -0.05) is 17.7 Å². The van der Waals surface area contributed by atoms with E-state index in [9.17, 15) is 14.4 Å². The van der Waals surface area contributed by atoms with Crippen LogP contribution in [0.3, 0.4) is 0 Å². The van der Waals surface area contributed by atoms with Gasteiger partial charge in [0.25, 0.3) is 11.5 Å². The third kappa shape index (κ3) is 3.93. The number of fused-ring (bicyclic) bond motifs is 1. The van der Waals surface area contributed by atoms with Gasteiger partial charge in [-0.25, -0.2) is 4.98 Å². The summed E-state index contributed by atoms with van der Waals surface area (Å²) in [5.74, 6) is -0.281. The number of rotatable bonds is 5. The highest BCUT2D eigenvalue weighted by Gasteiger charge is 2.31. The van der Waals surface area contributed by atoms with Gasteiger partial charge >= 0.3 is 5.97 Å². The van der Waals surface area contributed by atoms with Crippen LogP contribution in [0.2, 0.25) is 0 Å². The molecule has 150 valence electrons. The zero-order valence-corrected chi connectivity index (χ0v) is 17.2. The molecule has 1 fully saturated rings. The van der Waals surface area contributed by atoms with Crippen LogP contribution in [0.4, 0.5) is 5.69 Å². The lowest BCUT2D eigenvalue weighted by Crippen LogP contribution is -2.15. The van der Waals surface area contributed by atoms with E-state index in [1.807, 2.05) is 32.0 Å². The van der Waals surface area contributed by atoms with E-state index in [1.54, 1.807) is 6.92 Å². The van der Waals surface area contributed by atoms with Crippen LogP contribution in [-0.4, -0.2) is 21.8 Å². The molecule has 7 nitrogen and oxygen atoms in total. The summed E-state index contributed by atoms with van der Waals surface area (Å²) in [7, 11) is 0. The van der Waals surface area contributed by atoms with Crippen LogP contribution in [-0.2, 0) is 16.1 Å². The maximum atomic E-state index is 12.8. The minimum Gasteiger partial charge on any atom is -0.457 e. The Morgan fingerprint density at radius 3 is 2.72 bits per heavy atom. The Kier molecular flexibility index (Phi) is 4.96. The van der Waals surface area contributed by atoms with Crippen LogP contribution >= 0.6 is 11.3 Å². The molecule has 2 heterocycles. The highest BCUT2D eigenvalue weighted by Crippen LogP contribution is 2.31. The van der Waals surface area contributed by atoms with E-state index in [-0.39, 0.29) is 35.8 Å². The summed E-state index contributed by atoms with van der Waals surface area (Å²) in [6.07, 6.45) is 1.70. The predicted octanol–water partition coefficient (Wildman–Crippen LogP) is 3.62. The lowest BCUT2D eigenvalue weighted by atomic mass is 10.1. The van der Waals surface area contributed by atoms with E-state index in [4.69, 9.17) is 4.74 Å². The monoisotopic (exact) mass is 411 g/mol. The molecule has 4 rings (SSSR count). The van der Waals surface area contributed by atoms with Crippen molar-refractivity contribution in [1.29, 1.82) is 0 Å². The maximum Gasteiger partial charge on any atom is 0.309 e. The second kappa shape index (κ2) is 7.44. The summed E-state index contributed by atoms with van der Waals surface area (Å²) >= 11 is 1.16. The van der Waals surface area contributed by atoms with E-state index in [1.165, 1.54) is 0 Å². The fourth-order valence-corrected chi connectivity index (χ4v) is 4.28. The predicted molar refractivity (Wildman–Crippen MR) is 111 cm³/mol. The SMILES string of the molecule is Cc1ccc(NC(=O)c2sc3nc(COC(=O)C4CC4)[nH]c(=O)c3c2C)c(C)c1. The number of ether oxygens (including phenoxy) is 1. The molecule has 2 aromatic heterocycles. The van der Waals surface area contributed by atoms with E-state index < -0.39 is 0 Å². The second-order valence-electron chi connectivity index (χ2n) is 7.40. The number of nitrogens with one attached hydrogen (secondary N) is 2. The van der Waals surface area contributed by atoms with Crippen molar-refractivity contribution < 1.29 is 14.3 Å². The normalized spacial score (nSPS) is 13.5. The fourth-order valence-electron chi connectivity index (χ4n) is 3.18. The van der Waals surface area contributed by atoms with Crippen LogP contribution in [0.25, 0.3) is 10.2 Å². The number of nitrogens with zero attached hydrogens (tertiary/aromatic N) is 1. The number of H-pyrrole nitrogens is 1. The largest absolute Gasteiger partial charge is 0.457 e. The van der Waals surface area contributed by atoms with Gasteiger partial charge in [-0.15, -0.1) is 11.3 Å². The summed E-state index contributed by atoms with van der Waals surface area (Å²) in [4.78, 5) is 45.0. The van der Waals surface area contributed by atoms with Crippen molar-refractivity contribution in [3.8, 4) is 0 Å². The van der Waals surface area contributed by atoms with Crippen molar-refractivity contribution in [3.05, 3.63) is 55.9 Å². The molecule has 2 N–H and O–H groups in total. The average molecular weight is 411 g/mol. The van der Waals surface area contributed by atoms with Crippen molar-refractivity contribution in [2.24, 2.45) is 5.92 Å². The van der Waals surface area contributed by atoms with Crippen molar-refractivity contribution in [2.45, 2.75) is 40.2 Å². The first-order valence-electron chi connectivity index (χ1n) is 9.41. The summed E-state index contributed by atoms with van der Waals surface area (Å²) in [5, 5.41) is 3.30. The van der Waals surface area contributed by atoms with E-state index in [0.29, 0.717) is 20.7 Å². The number of thiophene rings is 1. The molecular weight excluding hydrogens is 390 g/mol. The van der Waals surface area contributed by atoms with E-state index in [0.717, 1.165) is 41.0 Å². The van der Waals surface area contributed by atoms with Gasteiger partial charge in [-0.3, -0.25) is 14.4 Å². The third-order valence-corrected chi connectivity index (χ3v) is 6.13. The van der Waals surface area contributed by atoms with E-state index in [2.05, 4.69) is 15.3 Å². The van der Waals surface area contributed by atoms with Crippen molar-refractivity contribution >= 4 is 39.1 Å². The average Bonchev–Trinajstić information content (AvgIpc) is 3.46. The first-order valence-corrected chi connectivity index (χ1v) is 10.2. The van der Waals surface area contributed by atoms with E-state index >= 15 is 0 Å². The topological polar surface area (TPSA) is 101 Å². The first-order chi connectivity index (χ1) is 13.8. The van der Waals surface area contributed by atoms with Gasteiger partial charge in [-0.05, 0) is 50.8 Å². The number of amides is 1. The van der Waals surface area contributed by atoms with Gasteiger partial charge in [0.15, 0.2) is 0 Å². The minimum absolute atomic E-state index is 0.0186. The highest BCUT2D eigenvalue weighted by molar-refractivity contribution is 7.20. The number of hydrogen-bond donors (Lipinski definition) is 2. The van der Waals surface area contributed by atoms with Gasteiger partial charge < -0.3 is 15.0 Å². The summed E-state index contributed by atoms with van der Waals surface area (Å²) < 4.78 is 5.20. The van der Waals surface area contributed by atoms with Crippen LogP contribution in [0.15, 0.2) is 23.0 Å². The molecule has 1 aliphatic carbocycles. The number of hydrogen-bond acceptors (Lipinski definition) is 6. The zero-order chi connectivity index (χ0) is 20.7. The molecule has 3 aromatic rings. The number of anilines is 1. The summed E-state index contributed by atoms with van der Waals surface area (Å²) in [5.41, 5.74) is 3.05. The molecule has 0 aliphatic heterocycles. The Bertz CT molecular complexity index is 1190. The number of aryl methyl sites for hydroxylation is 3. The number of carbonyl (C=O) groups is 2. The van der Waals surface area contributed by atoms with Crippen LogP contribution in [0.1, 0.15) is 45.0 Å². The Labute approximate surface area is 171 Å². The lowest BCUT2D eigenvalue weighted by molar-refractivity contribution is -0.146. The van der Waals surface area contributed by atoms with Crippen molar-refractivity contribution in [3.63, 3.8) is 0 Å². The Balaban J connectivity index is 1.60. The molecule has 0 spiro atoms. The van der Waals surface area contributed by atoms with Gasteiger partial charge in [-0.2, -0.15) is 0 Å². The summed E-state index contributed by atoms with van der Waals surface area (Å²) in [6, 6.07) is 5.79. The molecule has 0 bridgehead atoms. The van der Waals surface area contributed by atoms with Gasteiger partial charge in [0.2, 0.25) is 0 Å². The van der Waals surface area contributed by atoms with Crippen LogP contribution in [0, 0.1) is 26.7 Å². The van der Waals surface area contributed by atoms with Gasteiger partial charge in [0.1, 0.15) is 17.3 Å². The molecule has 1 aromatic carbocycles. The number of carbonyl (C=O) groups excluding carboxylic acids is 2.